The number of halogens is 2. The highest BCUT2D eigenvalue weighted by atomic mass is 127. The Morgan fingerprint density at radius 3 is 2.62 bits per heavy atom. The van der Waals surface area contributed by atoms with Gasteiger partial charge in [-0.1, -0.05) is 45.2 Å². The van der Waals surface area contributed by atoms with Crippen LogP contribution in [0.5, 0.6) is 0 Å². The highest BCUT2D eigenvalue weighted by molar-refractivity contribution is 14.1. The van der Waals surface area contributed by atoms with Crippen molar-refractivity contribution in [3.05, 3.63) is 0 Å². The molecule has 0 aromatic rings. The number of rotatable bonds is 2. The van der Waals surface area contributed by atoms with Gasteiger partial charge in [-0.25, -0.2) is 0 Å². The van der Waals surface area contributed by atoms with Crippen LogP contribution in [0.2, 0.25) is 0 Å². The first-order valence-corrected chi connectivity index (χ1v) is 9.11. The fraction of sp³-hybridized carbons (Fsp3) is 1.00. The third-order valence-corrected chi connectivity index (χ3v) is 10.7. The topological polar surface area (TPSA) is 20.2 Å². The van der Waals surface area contributed by atoms with Crippen LogP contribution in [0, 0.1) is 46.8 Å². The minimum Gasteiger partial charge on any atom is -0.396 e. The van der Waals surface area contributed by atoms with Gasteiger partial charge in [0.1, 0.15) is 0 Å². The molecule has 0 unspecified atom stereocenters. The molecule has 6 fully saturated rings. The normalized spacial score (nSPS) is 76.3. The fourth-order valence-corrected chi connectivity index (χ4v) is 11.7. The molecular formula is C13H16I2O. The molecule has 6 aliphatic rings. The molecule has 6 aliphatic carbocycles. The molecule has 1 N–H and O–H groups in total. The van der Waals surface area contributed by atoms with E-state index in [0.29, 0.717) is 12.0 Å². The van der Waals surface area contributed by atoms with E-state index in [-0.39, 0.29) is 0 Å². The number of hydrogen-bond acceptors (Lipinski definition) is 1. The Labute approximate surface area is 123 Å². The van der Waals surface area contributed by atoms with Crippen molar-refractivity contribution >= 4 is 45.2 Å². The van der Waals surface area contributed by atoms with Crippen molar-refractivity contribution in [1.82, 2.24) is 0 Å². The second kappa shape index (κ2) is 2.79. The Kier molecular flexibility index (Phi) is 1.78. The van der Waals surface area contributed by atoms with Crippen molar-refractivity contribution in [3.63, 3.8) is 0 Å². The summed E-state index contributed by atoms with van der Waals surface area (Å²) in [6, 6.07) is 0. The lowest BCUT2D eigenvalue weighted by Crippen LogP contribution is -2.40. The summed E-state index contributed by atoms with van der Waals surface area (Å²) in [6.45, 7) is 0.430. The lowest BCUT2D eigenvalue weighted by molar-refractivity contribution is 0.0361. The van der Waals surface area contributed by atoms with Crippen molar-refractivity contribution in [3.8, 4) is 0 Å². The Hall–Kier alpha value is 1.42. The van der Waals surface area contributed by atoms with Gasteiger partial charge >= 0.3 is 0 Å². The van der Waals surface area contributed by atoms with E-state index in [1.54, 1.807) is 6.42 Å². The maximum absolute atomic E-state index is 9.50. The van der Waals surface area contributed by atoms with Gasteiger partial charge in [0.15, 0.2) is 0 Å². The summed E-state index contributed by atoms with van der Waals surface area (Å²) in [5.74, 6) is 7.39. The zero-order chi connectivity index (χ0) is 10.8. The first-order valence-electron chi connectivity index (χ1n) is 6.62. The van der Waals surface area contributed by atoms with E-state index >= 15 is 0 Å². The summed E-state index contributed by atoms with van der Waals surface area (Å²) in [5, 5.41) is 9.50. The van der Waals surface area contributed by atoms with E-state index in [1.165, 1.54) is 0 Å². The predicted octanol–water partition coefficient (Wildman–Crippen LogP) is 2.73. The van der Waals surface area contributed by atoms with E-state index < -0.39 is 0 Å². The molecule has 0 radical (unpaired) electrons. The Morgan fingerprint density at radius 2 is 1.88 bits per heavy atom. The summed E-state index contributed by atoms with van der Waals surface area (Å²) in [7, 11) is 0. The number of aliphatic hydroxyl groups excluding tert-OH is 1. The Bertz CT molecular complexity index is 382. The van der Waals surface area contributed by atoms with E-state index in [9.17, 15) is 5.11 Å². The molecule has 0 aromatic carbocycles. The standard InChI is InChI=1S/C13H16I2O/c14-11-8-4-3-5-7-6(4)10(11)13(1-2-16,9(5)8)12(7)15/h4-12,16H,1-3H2/t4-,5+,6-,7-,8+,9-,10-,11+,12+,13-/m0/s1. The minimum atomic E-state index is 0.430. The smallest absolute Gasteiger partial charge is 0.0436 e. The molecular weight excluding hydrogens is 426 g/mol. The van der Waals surface area contributed by atoms with Crippen LogP contribution < -0.4 is 0 Å². The molecule has 0 spiro atoms. The third kappa shape index (κ3) is 0.705. The van der Waals surface area contributed by atoms with Crippen LogP contribution in [0.25, 0.3) is 0 Å². The minimum absolute atomic E-state index is 0.430. The maximum atomic E-state index is 9.50. The lowest BCUT2D eigenvalue weighted by atomic mass is 9.62. The molecule has 88 valence electrons. The highest BCUT2D eigenvalue weighted by Gasteiger charge is 2.87. The molecule has 0 saturated heterocycles. The van der Waals surface area contributed by atoms with E-state index in [4.69, 9.17) is 0 Å². The number of alkyl halides is 2. The average molecular weight is 442 g/mol. The van der Waals surface area contributed by atoms with Crippen LogP contribution in [-0.4, -0.2) is 19.6 Å². The zero-order valence-electron chi connectivity index (χ0n) is 9.02. The van der Waals surface area contributed by atoms with Crippen LogP contribution in [0.15, 0.2) is 0 Å². The molecule has 0 amide bonds. The largest absolute Gasteiger partial charge is 0.396 e. The van der Waals surface area contributed by atoms with Gasteiger partial charge in [0.05, 0.1) is 0 Å². The molecule has 3 heteroatoms. The van der Waals surface area contributed by atoms with Gasteiger partial charge in [-0.15, -0.1) is 0 Å². The van der Waals surface area contributed by atoms with Crippen LogP contribution in [0.1, 0.15) is 12.8 Å². The monoisotopic (exact) mass is 442 g/mol. The first kappa shape index (κ1) is 10.2. The molecule has 0 aromatic heterocycles. The van der Waals surface area contributed by atoms with Gasteiger partial charge in [-0.05, 0) is 59.7 Å². The number of hydrogen-bond donors (Lipinski definition) is 1. The molecule has 6 bridgehead atoms. The molecule has 6 saturated carbocycles. The van der Waals surface area contributed by atoms with Gasteiger partial charge in [-0.3, -0.25) is 0 Å². The van der Waals surface area contributed by atoms with Crippen molar-refractivity contribution in [1.29, 1.82) is 0 Å². The SMILES string of the molecule is OCC[C@]12[C@@H]3[C@H](I)[C@@H]4[C@H]5C[C@H]([C@@H]([C@H]53)[C@H]1I)[C@@H]42. The van der Waals surface area contributed by atoms with E-state index in [1.807, 2.05) is 0 Å². The van der Waals surface area contributed by atoms with Gasteiger partial charge < -0.3 is 5.11 Å². The van der Waals surface area contributed by atoms with Crippen molar-refractivity contribution in [2.45, 2.75) is 20.7 Å². The molecule has 1 nitrogen and oxygen atoms in total. The maximum Gasteiger partial charge on any atom is 0.0436 e. The van der Waals surface area contributed by atoms with Crippen LogP contribution in [0.3, 0.4) is 0 Å². The van der Waals surface area contributed by atoms with Gasteiger partial charge in [0.2, 0.25) is 0 Å². The molecule has 0 heterocycles. The van der Waals surface area contributed by atoms with E-state index in [2.05, 4.69) is 45.2 Å². The van der Waals surface area contributed by atoms with Gasteiger partial charge in [0.25, 0.3) is 0 Å². The molecule has 10 atom stereocenters. The molecule has 16 heavy (non-hydrogen) atoms. The zero-order valence-corrected chi connectivity index (χ0v) is 13.3. The summed E-state index contributed by atoms with van der Waals surface area (Å²) < 4.78 is 1.86. The summed E-state index contributed by atoms with van der Waals surface area (Å²) in [6.07, 6.45) is 2.68. The fourth-order valence-electron chi connectivity index (χ4n) is 7.38. The summed E-state index contributed by atoms with van der Waals surface area (Å²) in [4.78, 5) is 0. The van der Waals surface area contributed by atoms with Crippen molar-refractivity contribution in [2.75, 3.05) is 6.61 Å². The Balaban J connectivity index is 1.76. The average Bonchev–Trinajstić information content (AvgIpc) is 2.95. The third-order valence-electron chi connectivity index (χ3n) is 7.11. The van der Waals surface area contributed by atoms with E-state index in [0.717, 1.165) is 55.7 Å². The predicted molar refractivity (Wildman–Crippen MR) is 78.8 cm³/mol. The second-order valence-corrected chi connectivity index (χ2v) is 9.56. The highest BCUT2D eigenvalue weighted by Crippen LogP contribution is 2.89. The van der Waals surface area contributed by atoms with Gasteiger partial charge in [0, 0.05) is 14.5 Å². The van der Waals surface area contributed by atoms with Crippen LogP contribution >= 0.6 is 45.2 Å². The van der Waals surface area contributed by atoms with Gasteiger partial charge in [-0.2, -0.15) is 0 Å². The summed E-state index contributed by atoms with van der Waals surface area (Å²) >= 11 is 5.55. The van der Waals surface area contributed by atoms with Crippen LogP contribution in [-0.2, 0) is 0 Å². The molecule has 0 aliphatic heterocycles. The van der Waals surface area contributed by atoms with Crippen molar-refractivity contribution < 1.29 is 5.11 Å². The second-order valence-electron chi connectivity index (χ2n) is 6.78. The first-order chi connectivity index (χ1) is 7.73. The summed E-state index contributed by atoms with van der Waals surface area (Å²) in [5.41, 5.74) is 0.582. The quantitative estimate of drug-likeness (QED) is 0.516. The number of aliphatic hydroxyl groups is 1. The van der Waals surface area contributed by atoms with Crippen LogP contribution in [0.4, 0.5) is 0 Å². The Morgan fingerprint density at radius 1 is 1.06 bits per heavy atom. The lowest BCUT2D eigenvalue weighted by Gasteiger charge is -2.42. The molecule has 6 rings (SSSR count). The van der Waals surface area contributed by atoms with Crippen molar-refractivity contribution in [2.24, 2.45) is 46.8 Å².